The van der Waals surface area contributed by atoms with E-state index in [2.05, 4.69) is 50.2 Å². The first-order valence-electron chi connectivity index (χ1n) is 20.6. The van der Waals surface area contributed by atoms with Crippen molar-refractivity contribution in [3.63, 3.8) is 0 Å². The fraction of sp³-hybridized carbons (Fsp3) is 0.451. The Kier molecular flexibility index (Phi) is 25.4. The first kappa shape index (κ1) is 52.0. The molecule has 0 amide bonds. The molecule has 0 saturated carbocycles. The molecule has 1 atom stereocenters. The van der Waals surface area contributed by atoms with Crippen molar-refractivity contribution in [3.05, 3.63) is 135 Å². The summed E-state index contributed by atoms with van der Waals surface area (Å²) in [6, 6.07) is 31.8. The van der Waals surface area contributed by atoms with Crippen LogP contribution in [0.4, 0.5) is 0 Å². The van der Waals surface area contributed by atoms with Crippen LogP contribution in [0.5, 0.6) is 5.75 Å². The third-order valence-electron chi connectivity index (χ3n) is 9.71. The van der Waals surface area contributed by atoms with Crippen LogP contribution >= 0.6 is 23.2 Å². The minimum Gasteiger partial charge on any atom is -0.497 e. The van der Waals surface area contributed by atoms with Crippen LogP contribution in [0, 0.1) is 30.6 Å². The Hall–Kier alpha value is -4.06. The Labute approximate surface area is 360 Å². The quantitative estimate of drug-likeness (QED) is 0.106. The van der Waals surface area contributed by atoms with E-state index in [0.717, 1.165) is 24.2 Å². The summed E-state index contributed by atoms with van der Waals surface area (Å²) in [4.78, 5) is 45.7. The zero-order valence-corrected chi connectivity index (χ0v) is 38.4. The van der Waals surface area contributed by atoms with Gasteiger partial charge in [0.1, 0.15) is 28.9 Å². The van der Waals surface area contributed by atoms with E-state index >= 15 is 0 Å². The van der Waals surface area contributed by atoms with E-state index < -0.39 is 0 Å². The molecular formula is C51H68Cl2O5. The number of ketones is 4. The van der Waals surface area contributed by atoms with E-state index in [1.54, 1.807) is 19.2 Å². The number of carbonyl (C=O) groups is 4. The number of methoxy groups -OCH3 is 1. The van der Waals surface area contributed by atoms with Gasteiger partial charge in [0.15, 0.2) is 0 Å². The van der Waals surface area contributed by atoms with Gasteiger partial charge in [0.05, 0.1) is 7.11 Å². The molecule has 316 valence electrons. The number of Topliss-reactive ketones (excluding diaryl/α,β-unsaturated/α-hetero) is 4. The monoisotopic (exact) mass is 830 g/mol. The maximum atomic E-state index is 11.5. The SMILES string of the molecule is CC(C)C(=O)CC(C)c1ccccc1.CC(C)C(=O)CCc1ccc(Cl)cc1Cl.COc1ccc(CCC(=O)C(C)C)cc1.Cc1ccc(CCC(=O)C(C)C)cc1. The van der Waals surface area contributed by atoms with Crippen LogP contribution in [0.15, 0.2) is 97.1 Å². The summed E-state index contributed by atoms with van der Waals surface area (Å²) in [6.45, 7) is 19.7. The topological polar surface area (TPSA) is 77.5 Å². The van der Waals surface area contributed by atoms with E-state index in [1.807, 2.05) is 104 Å². The van der Waals surface area contributed by atoms with Gasteiger partial charge in [-0.1, -0.05) is 164 Å². The van der Waals surface area contributed by atoms with Gasteiger partial charge in [-0.2, -0.15) is 0 Å². The largest absolute Gasteiger partial charge is 0.497 e. The van der Waals surface area contributed by atoms with Crippen LogP contribution in [-0.2, 0) is 38.4 Å². The molecule has 1 unspecified atom stereocenters. The molecule has 0 spiro atoms. The predicted octanol–water partition coefficient (Wildman–Crippen LogP) is 13.6. The summed E-state index contributed by atoms with van der Waals surface area (Å²) in [5.41, 5.74) is 5.94. The van der Waals surface area contributed by atoms with Gasteiger partial charge in [-0.3, -0.25) is 19.2 Å². The first-order chi connectivity index (χ1) is 27.3. The average Bonchev–Trinajstić information content (AvgIpc) is 3.20. The minimum atomic E-state index is 0.0936. The zero-order valence-electron chi connectivity index (χ0n) is 36.9. The highest BCUT2D eigenvalue weighted by Gasteiger charge is 2.14. The molecule has 0 bridgehead atoms. The Morgan fingerprint density at radius 2 is 0.966 bits per heavy atom. The van der Waals surface area contributed by atoms with E-state index in [0.29, 0.717) is 65.4 Å². The van der Waals surface area contributed by atoms with Gasteiger partial charge in [-0.15, -0.1) is 0 Å². The molecule has 0 aliphatic carbocycles. The molecule has 4 rings (SSSR count). The summed E-state index contributed by atoms with van der Waals surface area (Å²) >= 11 is 11.8. The van der Waals surface area contributed by atoms with E-state index in [1.165, 1.54) is 22.3 Å². The summed E-state index contributed by atoms with van der Waals surface area (Å²) in [5.74, 6) is 3.04. The van der Waals surface area contributed by atoms with Crippen molar-refractivity contribution in [3.8, 4) is 5.75 Å². The van der Waals surface area contributed by atoms with Gasteiger partial charge in [0.25, 0.3) is 0 Å². The van der Waals surface area contributed by atoms with Crippen LogP contribution < -0.4 is 4.74 Å². The second-order valence-electron chi connectivity index (χ2n) is 16.1. The normalized spacial score (nSPS) is 11.1. The summed E-state index contributed by atoms with van der Waals surface area (Å²) in [5, 5.41) is 1.26. The number of hydrogen-bond acceptors (Lipinski definition) is 5. The summed E-state index contributed by atoms with van der Waals surface area (Å²) in [6.07, 6.45) is 4.87. The van der Waals surface area contributed by atoms with Crippen molar-refractivity contribution in [2.75, 3.05) is 7.11 Å². The minimum absolute atomic E-state index is 0.0936. The molecule has 0 aliphatic heterocycles. The third kappa shape index (κ3) is 22.2. The van der Waals surface area contributed by atoms with Crippen LogP contribution in [-0.4, -0.2) is 30.2 Å². The Morgan fingerprint density at radius 3 is 1.38 bits per heavy atom. The third-order valence-corrected chi connectivity index (χ3v) is 10.3. The molecular weight excluding hydrogens is 763 g/mol. The zero-order chi connectivity index (χ0) is 43.8. The van der Waals surface area contributed by atoms with Crippen LogP contribution in [0.2, 0.25) is 10.0 Å². The van der Waals surface area contributed by atoms with Gasteiger partial charge >= 0.3 is 0 Å². The predicted molar refractivity (Wildman–Crippen MR) is 244 cm³/mol. The smallest absolute Gasteiger partial charge is 0.136 e. The fourth-order valence-corrected chi connectivity index (χ4v) is 5.87. The number of halogens is 2. The Bertz CT molecular complexity index is 1790. The molecule has 4 aromatic carbocycles. The Balaban J connectivity index is 0.000000387. The molecule has 0 saturated heterocycles. The van der Waals surface area contributed by atoms with E-state index in [9.17, 15) is 19.2 Å². The van der Waals surface area contributed by atoms with Gasteiger partial charge in [0.2, 0.25) is 0 Å². The maximum absolute atomic E-state index is 11.5. The highest BCUT2D eigenvalue weighted by atomic mass is 35.5. The molecule has 0 fully saturated rings. The number of carbonyl (C=O) groups excluding carboxylic acids is 4. The molecule has 0 N–H and O–H groups in total. The number of ether oxygens (including phenoxy) is 1. The molecule has 0 radical (unpaired) electrons. The molecule has 0 aromatic heterocycles. The maximum Gasteiger partial charge on any atom is 0.136 e. The number of rotatable bonds is 17. The molecule has 0 aliphatic rings. The first-order valence-corrected chi connectivity index (χ1v) is 21.4. The van der Waals surface area contributed by atoms with Crippen molar-refractivity contribution in [2.45, 2.75) is 120 Å². The van der Waals surface area contributed by atoms with Crippen LogP contribution in [0.1, 0.15) is 122 Å². The van der Waals surface area contributed by atoms with Crippen molar-refractivity contribution in [1.29, 1.82) is 0 Å². The lowest BCUT2D eigenvalue weighted by Gasteiger charge is -2.12. The molecule has 58 heavy (non-hydrogen) atoms. The fourth-order valence-electron chi connectivity index (χ4n) is 5.37. The van der Waals surface area contributed by atoms with Crippen LogP contribution in [0.3, 0.4) is 0 Å². The molecule has 7 heteroatoms. The lowest BCUT2D eigenvalue weighted by Crippen LogP contribution is -2.10. The van der Waals surface area contributed by atoms with E-state index in [4.69, 9.17) is 27.9 Å². The van der Waals surface area contributed by atoms with Gasteiger partial charge in [-0.05, 0) is 78.6 Å². The highest BCUT2D eigenvalue weighted by Crippen LogP contribution is 2.23. The molecule has 5 nitrogen and oxygen atoms in total. The van der Waals surface area contributed by atoms with Crippen molar-refractivity contribution in [1.82, 2.24) is 0 Å². The lowest BCUT2D eigenvalue weighted by molar-refractivity contribution is -0.122. The van der Waals surface area contributed by atoms with Crippen molar-refractivity contribution < 1.29 is 23.9 Å². The van der Waals surface area contributed by atoms with Crippen molar-refractivity contribution in [2.24, 2.45) is 23.7 Å². The second kappa shape index (κ2) is 28.4. The summed E-state index contributed by atoms with van der Waals surface area (Å²) < 4.78 is 5.07. The lowest BCUT2D eigenvalue weighted by atomic mass is 9.92. The summed E-state index contributed by atoms with van der Waals surface area (Å²) in [7, 11) is 1.65. The van der Waals surface area contributed by atoms with Crippen LogP contribution in [0.25, 0.3) is 0 Å². The van der Waals surface area contributed by atoms with Gasteiger partial charge in [-0.25, -0.2) is 0 Å². The Morgan fingerprint density at radius 1 is 0.534 bits per heavy atom. The van der Waals surface area contributed by atoms with E-state index in [-0.39, 0.29) is 29.5 Å². The number of aryl methyl sites for hydroxylation is 4. The highest BCUT2D eigenvalue weighted by molar-refractivity contribution is 6.35. The second-order valence-corrected chi connectivity index (χ2v) is 16.9. The van der Waals surface area contributed by atoms with Gasteiger partial charge < -0.3 is 4.74 Å². The average molecular weight is 832 g/mol. The number of hydrogen-bond donors (Lipinski definition) is 0. The molecule has 0 heterocycles. The number of benzene rings is 4. The molecule has 4 aromatic rings. The standard InChI is InChI=1S/C13H18O2.2C13H18O.C12H14Cl2O/c1-10(2)13(14)9-6-11-4-7-12(15-3)8-5-11;1-10(2)13(14)9-8-12-6-4-11(3)5-7-12;1-10(2)13(14)9-11(3)12-7-5-4-6-8-12;1-8(2)12(15)6-4-9-3-5-10(13)7-11(9)14/h4-5,7-8,10H,6,9H2,1-3H3;4-7,10H,8-9H2,1-3H3;4-8,10-11H,9H2,1-3H3;3,5,7-8H,4,6H2,1-2H3. The van der Waals surface area contributed by atoms with Gasteiger partial charge in [0, 0.05) is 59.4 Å². The van der Waals surface area contributed by atoms with Crippen molar-refractivity contribution >= 4 is 46.3 Å².